The second-order valence-electron chi connectivity index (χ2n) is 7.17. The number of imide groups is 1. The Labute approximate surface area is 167 Å². The Morgan fingerprint density at radius 2 is 1.62 bits per heavy atom. The van der Waals surface area contributed by atoms with E-state index < -0.39 is 17.8 Å². The summed E-state index contributed by atoms with van der Waals surface area (Å²) in [7, 11) is 0. The van der Waals surface area contributed by atoms with E-state index in [0.717, 1.165) is 30.6 Å². The van der Waals surface area contributed by atoms with E-state index in [9.17, 15) is 19.2 Å². The number of nitrogens with zero attached hydrogens (tertiary/aromatic N) is 1. The highest BCUT2D eigenvalue weighted by Crippen LogP contribution is 2.28. The van der Waals surface area contributed by atoms with Crippen LogP contribution in [-0.2, 0) is 9.53 Å². The third-order valence-corrected chi connectivity index (χ3v) is 5.19. The van der Waals surface area contributed by atoms with Crippen LogP contribution >= 0.6 is 0 Å². The van der Waals surface area contributed by atoms with Gasteiger partial charge in [-0.25, -0.2) is 9.69 Å². The fraction of sp³-hybridized carbons (Fsp3) is 0.273. The first-order valence-corrected chi connectivity index (χ1v) is 9.59. The molecule has 1 aliphatic carbocycles. The number of anilines is 1. The first-order valence-electron chi connectivity index (χ1n) is 9.59. The number of carbonyl (C=O) groups is 4. The molecule has 0 spiro atoms. The average molecular weight is 392 g/mol. The number of ether oxygens (including phenoxy) is 1. The minimum absolute atomic E-state index is 0.151. The van der Waals surface area contributed by atoms with Crippen molar-refractivity contribution in [2.24, 2.45) is 0 Å². The Bertz CT molecular complexity index is 959. The SMILES string of the molecule is O=C(COC(=O)c1cccc(N2C(=O)c3ccccc3C2=O)c1)NC1CCCC1. The molecular formula is C22H20N2O5. The Hall–Kier alpha value is -3.48. The lowest BCUT2D eigenvalue weighted by Crippen LogP contribution is -2.35. The summed E-state index contributed by atoms with van der Waals surface area (Å²) in [4.78, 5) is 50.5. The topological polar surface area (TPSA) is 92.8 Å². The summed E-state index contributed by atoms with van der Waals surface area (Å²) in [6.07, 6.45) is 4.08. The van der Waals surface area contributed by atoms with Gasteiger partial charge in [-0.2, -0.15) is 0 Å². The number of nitrogens with one attached hydrogen (secondary N) is 1. The summed E-state index contributed by atoms with van der Waals surface area (Å²) < 4.78 is 5.09. The molecule has 3 amide bonds. The van der Waals surface area contributed by atoms with Gasteiger partial charge in [-0.05, 0) is 43.2 Å². The number of rotatable bonds is 5. The van der Waals surface area contributed by atoms with E-state index in [0.29, 0.717) is 11.1 Å². The number of hydrogen-bond donors (Lipinski definition) is 1. The third-order valence-electron chi connectivity index (χ3n) is 5.19. The Morgan fingerprint density at radius 1 is 0.966 bits per heavy atom. The molecule has 148 valence electrons. The zero-order chi connectivity index (χ0) is 20.4. The van der Waals surface area contributed by atoms with Crippen LogP contribution in [0, 0.1) is 0 Å². The fourth-order valence-corrected chi connectivity index (χ4v) is 3.75. The van der Waals surface area contributed by atoms with Crippen molar-refractivity contribution in [2.75, 3.05) is 11.5 Å². The molecule has 0 radical (unpaired) electrons. The predicted octanol–water partition coefficient (Wildman–Crippen LogP) is 2.70. The molecule has 2 aliphatic rings. The lowest BCUT2D eigenvalue weighted by molar-refractivity contribution is -0.124. The number of hydrogen-bond acceptors (Lipinski definition) is 5. The van der Waals surface area contributed by atoms with Crippen LogP contribution in [0.25, 0.3) is 0 Å². The van der Waals surface area contributed by atoms with Crippen LogP contribution in [0.5, 0.6) is 0 Å². The largest absolute Gasteiger partial charge is 0.452 e. The molecule has 0 bridgehead atoms. The van der Waals surface area contributed by atoms with Crippen molar-refractivity contribution in [1.82, 2.24) is 5.32 Å². The van der Waals surface area contributed by atoms with Gasteiger partial charge in [-0.3, -0.25) is 14.4 Å². The van der Waals surface area contributed by atoms with Crippen LogP contribution < -0.4 is 10.2 Å². The Kier molecular flexibility index (Phi) is 5.12. The summed E-state index contributed by atoms with van der Waals surface area (Å²) in [5.74, 6) is -1.90. The van der Waals surface area contributed by atoms with E-state index in [1.165, 1.54) is 12.1 Å². The summed E-state index contributed by atoms with van der Waals surface area (Å²) >= 11 is 0. The molecule has 4 rings (SSSR count). The van der Waals surface area contributed by atoms with Gasteiger partial charge in [0.1, 0.15) is 0 Å². The van der Waals surface area contributed by atoms with Gasteiger partial charge >= 0.3 is 5.97 Å². The minimum atomic E-state index is -0.690. The molecule has 1 aliphatic heterocycles. The number of esters is 1. The van der Waals surface area contributed by atoms with Gasteiger partial charge in [-0.1, -0.05) is 31.0 Å². The van der Waals surface area contributed by atoms with Gasteiger partial charge in [0.05, 0.1) is 22.4 Å². The lowest BCUT2D eigenvalue weighted by atomic mass is 10.1. The molecule has 1 fully saturated rings. The smallest absolute Gasteiger partial charge is 0.338 e. The van der Waals surface area contributed by atoms with Crippen molar-refractivity contribution in [1.29, 1.82) is 0 Å². The molecular weight excluding hydrogens is 372 g/mol. The van der Waals surface area contributed by atoms with Crippen molar-refractivity contribution in [3.8, 4) is 0 Å². The Morgan fingerprint density at radius 3 is 2.28 bits per heavy atom. The fourth-order valence-electron chi connectivity index (χ4n) is 3.75. The molecule has 2 aromatic rings. The second-order valence-corrected chi connectivity index (χ2v) is 7.17. The van der Waals surface area contributed by atoms with Gasteiger partial charge in [0.25, 0.3) is 17.7 Å². The van der Waals surface area contributed by atoms with E-state index in [4.69, 9.17) is 4.74 Å². The van der Waals surface area contributed by atoms with E-state index in [1.807, 2.05) is 0 Å². The van der Waals surface area contributed by atoms with Crippen LogP contribution in [0.1, 0.15) is 56.8 Å². The third kappa shape index (κ3) is 3.76. The summed E-state index contributed by atoms with van der Waals surface area (Å²) in [5, 5.41) is 2.85. The number of benzene rings is 2. The lowest BCUT2D eigenvalue weighted by Gasteiger charge is -2.15. The molecule has 29 heavy (non-hydrogen) atoms. The first-order chi connectivity index (χ1) is 14.0. The van der Waals surface area contributed by atoms with Crippen molar-refractivity contribution in [3.05, 3.63) is 65.2 Å². The summed E-state index contributed by atoms with van der Waals surface area (Å²) in [6, 6.07) is 12.8. The van der Waals surface area contributed by atoms with Crippen LogP contribution in [0.2, 0.25) is 0 Å². The average Bonchev–Trinajstić information content (AvgIpc) is 3.33. The Balaban J connectivity index is 1.43. The van der Waals surface area contributed by atoms with Crippen LogP contribution in [0.15, 0.2) is 48.5 Å². The quantitative estimate of drug-likeness (QED) is 0.624. The molecule has 0 atom stereocenters. The molecule has 1 saturated carbocycles. The van der Waals surface area contributed by atoms with Crippen LogP contribution in [-0.4, -0.2) is 36.3 Å². The summed E-state index contributed by atoms with van der Waals surface area (Å²) in [6.45, 7) is -0.368. The molecule has 1 heterocycles. The van der Waals surface area contributed by atoms with E-state index in [-0.39, 0.29) is 29.8 Å². The van der Waals surface area contributed by atoms with E-state index >= 15 is 0 Å². The normalized spacial score (nSPS) is 16.1. The maximum atomic E-state index is 12.6. The zero-order valence-electron chi connectivity index (χ0n) is 15.7. The zero-order valence-corrected chi connectivity index (χ0v) is 15.7. The molecule has 0 saturated heterocycles. The van der Waals surface area contributed by atoms with Crippen LogP contribution in [0.3, 0.4) is 0 Å². The van der Waals surface area contributed by atoms with Gasteiger partial charge in [0, 0.05) is 6.04 Å². The number of amides is 3. The van der Waals surface area contributed by atoms with Gasteiger partial charge in [-0.15, -0.1) is 0 Å². The number of fused-ring (bicyclic) bond motifs is 1. The van der Waals surface area contributed by atoms with Gasteiger partial charge in [0.15, 0.2) is 6.61 Å². The van der Waals surface area contributed by atoms with E-state index in [2.05, 4.69) is 5.32 Å². The number of carbonyl (C=O) groups excluding carboxylic acids is 4. The highest BCUT2D eigenvalue weighted by Gasteiger charge is 2.36. The van der Waals surface area contributed by atoms with Crippen molar-refractivity contribution >= 4 is 29.4 Å². The van der Waals surface area contributed by atoms with Crippen molar-refractivity contribution in [2.45, 2.75) is 31.7 Å². The van der Waals surface area contributed by atoms with Gasteiger partial charge < -0.3 is 10.1 Å². The van der Waals surface area contributed by atoms with Crippen LogP contribution in [0.4, 0.5) is 5.69 Å². The minimum Gasteiger partial charge on any atom is -0.452 e. The van der Waals surface area contributed by atoms with Crippen molar-refractivity contribution < 1.29 is 23.9 Å². The highest BCUT2D eigenvalue weighted by atomic mass is 16.5. The monoisotopic (exact) mass is 392 g/mol. The molecule has 2 aromatic carbocycles. The molecule has 7 nitrogen and oxygen atoms in total. The van der Waals surface area contributed by atoms with E-state index in [1.54, 1.807) is 36.4 Å². The first kappa shape index (κ1) is 18.9. The highest BCUT2D eigenvalue weighted by molar-refractivity contribution is 6.34. The predicted molar refractivity (Wildman–Crippen MR) is 105 cm³/mol. The standard InChI is InChI=1S/C22H20N2O5/c25-19(23-15-7-1-2-8-15)13-29-22(28)14-6-5-9-16(12-14)24-20(26)17-10-3-4-11-18(17)21(24)27/h3-6,9-12,15H,1-2,7-8,13H2,(H,23,25). The molecule has 0 unspecified atom stereocenters. The van der Waals surface area contributed by atoms with Crippen molar-refractivity contribution in [3.63, 3.8) is 0 Å². The molecule has 0 aromatic heterocycles. The summed E-state index contributed by atoms with van der Waals surface area (Å²) in [5.41, 5.74) is 1.09. The molecule has 7 heteroatoms. The molecule has 1 N–H and O–H groups in total. The maximum absolute atomic E-state index is 12.6. The van der Waals surface area contributed by atoms with Gasteiger partial charge in [0.2, 0.25) is 0 Å². The second kappa shape index (κ2) is 7.87. The maximum Gasteiger partial charge on any atom is 0.338 e.